The first-order valence-electron chi connectivity index (χ1n) is 13.8. The molecule has 2 aromatic carbocycles. The molecule has 1 fully saturated rings. The summed E-state index contributed by atoms with van der Waals surface area (Å²) in [5, 5.41) is 13.6. The summed E-state index contributed by atoms with van der Waals surface area (Å²) < 4.78 is 40.0. The van der Waals surface area contributed by atoms with E-state index in [1.165, 1.54) is 26.5 Å². The third-order valence-corrected chi connectivity index (χ3v) is 8.86. The van der Waals surface area contributed by atoms with Crippen LogP contribution in [0.5, 0.6) is 11.9 Å². The summed E-state index contributed by atoms with van der Waals surface area (Å²) in [5.41, 5.74) is 3.68. The SMILES string of the molecule is CCCNS(=O)(=O)c1cnc2cc(-c3cnc(OC)nc3OC)ccc2c1Nc1cc(C(=O)O)cc(C2CCCC2)c1. The molecule has 2 aromatic heterocycles. The third-order valence-electron chi connectivity index (χ3n) is 7.38. The van der Waals surface area contributed by atoms with Crippen LogP contribution in [0.4, 0.5) is 11.4 Å². The van der Waals surface area contributed by atoms with Crippen molar-refractivity contribution in [1.29, 1.82) is 0 Å². The molecule has 220 valence electrons. The van der Waals surface area contributed by atoms with Gasteiger partial charge in [-0.05, 0) is 60.6 Å². The van der Waals surface area contributed by atoms with Gasteiger partial charge >= 0.3 is 12.0 Å². The Bertz CT molecular complexity index is 1740. The van der Waals surface area contributed by atoms with Gasteiger partial charge in [0.15, 0.2) is 0 Å². The molecular formula is C30H33N5O6S. The molecule has 0 atom stereocenters. The number of nitrogens with one attached hydrogen (secondary N) is 2. The minimum absolute atomic E-state index is 0.0373. The second kappa shape index (κ2) is 12.3. The molecule has 0 unspecified atom stereocenters. The highest BCUT2D eigenvalue weighted by Gasteiger charge is 2.24. The number of pyridine rings is 1. The second-order valence-electron chi connectivity index (χ2n) is 10.2. The Morgan fingerprint density at radius 2 is 1.83 bits per heavy atom. The van der Waals surface area contributed by atoms with Crippen molar-refractivity contribution in [2.45, 2.75) is 49.8 Å². The fourth-order valence-electron chi connectivity index (χ4n) is 5.28. The van der Waals surface area contributed by atoms with Crippen molar-refractivity contribution in [3.05, 3.63) is 59.9 Å². The predicted molar refractivity (Wildman–Crippen MR) is 159 cm³/mol. The number of methoxy groups -OCH3 is 2. The fraction of sp³-hybridized carbons (Fsp3) is 0.333. The Morgan fingerprint density at radius 1 is 1.05 bits per heavy atom. The highest BCUT2D eigenvalue weighted by molar-refractivity contribution is 7.89. The Kier molecular flexibility index (Phi) is 8.55. The number of anilines is 2. The van der Waals surface area contributed by atoms with Crippen LogP contribution in [-0.2, 0) is 10.0 Å². The highest BCUT2D eigenvalue weighted by atomic mass is 32.2. The molecule has 3 N–H and O–H groups in total. The minimum atomic E-state index is -3.94. The molecule has 42 heavy (non-hydrogen) atoms. The van der Waals surface area contributed by atoms with Crippen molar-refractivity contribution >= 4 is 38.3 Å². The number of ether oxygens (including phenoxy) is 2. The first-order chi connectivity index (χ1) is 20.2. The maximum absolute atomic E-state index is 13.4. The van der Waals surface area contributed by atoms with Gasteiger partial charge in [0.1, 0.15) is 4.90 Å². The van der Waals surface area contributed by atoms with Crippen molar-refractivity contribution in [1.82, 2.24) is 19.7 Å². The average Bonchev–Trinajstić information content (AvgIpc) is 3.54. The van der Waals surface area contributed by atoms with Crippen molar-refractivity contribution in [3.8, 4) is 23.0 Å². The number of rotatable bonds is 11. The van der Waals surface area contributed by atoms with Gasteiger partial charge in [0.25, 0.3) is 0 Å². The number of carboxylic acid groups (broad SMARTS) is 1. The van der Waals surface area contributed by atoms with Gasteiger partial charge in [0, 0.05) is 30.0 Å². The maximum Gasteiger partial charge on any atom is 0.335 e. The Labute approximate surface area is 244 Å². The molecule has 0 radical (unpaired) electrons. The summed E-state index contributed by atoms with van der Waals surface area (Å²) in [6, 6.07) is 10.7. The lowest BCUT2D eigenvalue weighted by Gasteiger charge is -2.18. The van der Waals surface area contributed by atoms with Gasteiger partial charge in [0.05, 0.1) is 36.6 Å². The Morgan fingerprint density at radius 3 is 2.52 bits per heavy atom. The number of hydrogen-bond donors (Lipinski definition) is 3. The number of benzene rings is 2. The molecule has 5 rings (SSSR count). The summed E-state index contributed by atoms with van der Waals surface area (Å²) >= 11 is 0. The molecule has 1 saturated carbocycles. The normalized spacial score (nSPS) is 13.8. The van der Waals surface area contributed by atoms with E-state index in [1.54, 1.807) is 30.5 Å². The zero-order valence-electron chi connectivity index (χ0n) is 23.7. The van der Waals surface area contributed by atoms with Gasteiger partial charge in [-0.1, -0.05) is 31.9 Å². The van der Waals surface area contributed by atoms with Crippen LogP contribution in [0.15, 0.2) is 53.7 Å². The lowest BCUT2D eigenvalue weighted by Crippen LogP contribution is -2.25. The zero-order chi connectivity index (χ0) is 29.9. The number of sulfonamides is 1. The Hall–Kier alpha value is -4.29. The summed E-state index contributed by atoms with van der Waals surface area (Å²) in [6.07, 6.45) is 7.68. The quantitative estimate of drug-likeness (QED) is 0.204. The van der Waals surface area contributed by atoms with Gasteiger partial charge in [-0.3, -0.25) is 4.98 Å². The number of aromatic carboxylic acids is 1. The third kappa shape index (κ3) is 6.00. The van der Waals surface area contributed by atoms with E-state index in [9.17, 15) is 18.3 Å². The zero-order valence-corrected chi connectivity index (χ0v) is 24.5. The second-order valence-corrected chi connectivity index (χ2v) is 11.9. The lowest BCUT2D eigenvalue weighted by atomic mass is 9.95. The predicted octanol–water partition coefficient (Wildman–Crippen LogP) is 5.50. The smallest absolute Gasteiger partial charge is 0.335 e. The van der Waals surface area contributed by atoms with E-state index in [4.69, 9.17) is 9.47 Å². The standard InChI is InChI=1S/C30H33N5O6S/c1-4-11-33-42(38,39)26-17-31-25-15-19(24-16-32-30(41-3)35-28(24)40-2)9-10-23(25)27(26)34-22-13-20(18-7-5-6-8-18)12-21(14-22)29(36)37/h9-10,12-18,33H,4-8,11H2,1-3H3,(H,31,34)(H,36,37). The molecular weight excluding hydrogens is 558 g/mol. The first-order valence-corrected chi connectivity index (χ1v) is 15.3. The fourth-order valence-corrected chi connectivity index (χ4v) is 6.53. The molecule has 1 aliphatic carbocycles. The van der Waals surface area contributed by atoms with Gasteiger partial charge in [-0.15, -0.1) is 0 Å². The minimum Gasteiger partial charge on any atom is -0.480 e. The number of fused-ring (bicyclic) bond motifs is 1. The molecule has 0 saturated heterocycles. The summed E-state index contributed by atoms with van der Waals surface area (Å²) in [7, 11) is -0.980. The molecule has 12 heteroatoms. The largest absolute Gasteiger partial charge is 0.480 e. The Balaban J connectivity index is 1.66. The van der Waals surface area contributed by atoms with Crippen LogP contribution in [0.25, 0.3) is 22.0 Å². The monoisotopic (exact) mass is 591 g/mol. The van der Waals surface area contributed by atoms with Gasteiger partial charge in [-0.2, -0.15) is 4.98 Å². The summed E-state index contributed by atoms with van der Waals surface area (Å²) in [5.74, 6) is -0.472. The van der Waals surface area contributed by atoms with Crippen molar-refractivity contribution < 1.29 is 27.8 Å². The molecule has 0 amide bonds. The lowest BCUT2D eigenvalue weighted by molar-refractivity contribution is 0.0696. The molecule has 0 aliphatic heterocycles. The van der Waals surface area contributed by atoms with Crippen LogP contribution >= 0.6 is 0 Å². The number of carboxylic acids is 1. The van der Waals surface area contributed by atoms with E-state index in [2.05, 4.69) is 25.0 Å². The topological polar surface area (TPSA) is 153 Å². The van der Waals surface area contributed by atoms with E-state index in [1.807, 2.05) is 13.0 Å². The number of carbonyl (C=O) groups is 1. The van der Waals surface area contributed by atoms with Crippen LogP contribution in [-0.4, -0.2) is 55.2 Å². The number of aromatic nitrogens is 3. The molecule has 0 spiro atoms. The van der Waals surface area contributed by atoms with Crippen LogP contribution in [0.3, 0.4) is 0 Å². The first kappa shape index (κ1) is 29.2. The molecule has 11 nitrogen and oxygen atoms in total. The van der Waals surface area contributed by atoms with Crippen LogP contribution in [0.2, 0.25) is 0 Å². The van der Waals surface area contributed by atoms with E-state index < -0.39 is 16.0 Å². The van der Waals surface area contributed by atoms with Crippen molar-refractivity contribution in [2.24, 2.45) is 0 Å². The molecule has 0 bridgehead atoms. The van der Waals surface area contributed by atoms with Crippen LogP contribution in [0, 0.1) is 0 Å². The number of nitrogens with zero attached hydrogens (tertiary/aromatic N) is 3. The van der Waals surface area contributed by atoms with Crippen molar-refractivity contribution in [3.63, 3.8) is 0 Å². The highest BCUT2D eigenvalue weighted by Crippen LogP contribution is 2.39. The van der Waals surface area contributed by atoms with E-state index in [-0.39, 0.29) is 28.9 Å². The van der Waals surface area contributed by atoms with Gasteiger partial charge in [-0.25, -0.2) is 22.9 Å². The van der Waals surface area contributed by atoms with Crippen LogP contribution in [0.1, 0.15) is 60.9 Å². The molecule has 2 heterocycles. The maximum atomic E-state index is 13.4. The average molecular weight is 592 g/mol. The van der Waals surface area contributed by atoms with Gasteiger partial charge < -0.3 is 19.9 Å². The van der Waals surface area contributed by atoms with Crippen LogP contribution < -0.4 is 19.5 Å². The molecule has 4 aromatic rings. The van der Waals surface area contributed by atoms with E-state index >= 15 is 0 Å². The summed E-state index contributed by atoms with van der Waals surface area (Å²) in [6.45, 7) is 2.14. The van der Waals surface area contributed by atoms with E-state index in [0.29, 0.717) is 45.7 Å². The number of hydrogen-bond acceptors (Lipinski definition) is 9. The molecule has 1 aliphatic rings. The van der Waals surface area contributed by atoms with Crippen molar-refractivity contribution in [2.75, 3.05) is 26.1 Å². The summed E-state index contributed by atoms with van der Waals surface area (Å²) in [4.78, 5) is 24.9. The van der Waals surface area contributed by atoms with E-state index in [0.717, 1.165) is 31.2 Å². The van der Waals surface area contributed by atoms with Gasteiger partial charge in [0.2, 0.25) is 15.9 Å².